The lowest BCUT2D eigenvalue weighted by molar-refractivity contribution is -0.137. The average Bonchev–Trinajstić information content (AvgIpc) is 2.68. The van der Waals surface area contributed by atoms with Gasteiger partial charge in [0.25, 0.3) is 5.56 Å². The van der Waals surface area contributed by atoms with Crippen molar-refractivity contribution in [3.05, 3.63) is 26.9 Å². The Labute approximate surface area is 153 Å². The van der Waals surface area contributed by atoms with Crippen LogP contribution in [0.15, 0.2) is 15.7 Å². The van der Waals surface area contributed by atoms with Crippen LogP contribution in [0, 0.1) is 5.92 Å². The largest absolute Gasteiger partial charge is 0.357 e. The molecule has 1 aromatic heterocycles. The zero-order valence-corrected chi connectivity index (χ0v) is 16.0. The molecular weight excluding hydrogens is 334 g/mol. The van der Waals surface area contributed by atoms with Gasteiger partial charge in [0.1, 0.15) is 5.82 Å². The van der Waals surface area contributed by atoms with Crippen LogP contribution >= 0.6 is 0 Å². The van der Waals surface area contributed by atoms with Gasteiger partial charge in [-0.05, 0) is 19.4 Å². The fourth-order valence-electron chi connectivity index (χ4n) is 3.95. The zero-order chi connectivity index (χ0) is 18.8. The molecule has 1 amide bonds. The van der Waals surface area contributed by atoms with Crippen LogP contribution in [0.1, 0.15) is 19.8 Å². The summed E-state index contributed by atoms with van der Waals surface area (Å²) < 4.78 is 2.59. The number of hydrogen-bond donors (Lipinski definition) is 0. The van der Waals surface area contributed by atoms with Crippen molar-refractivity contribution in [1.82, 2.24) is 18.9 Å². The number of aromatic nitrogens is 2. The molecule has 0 spiro atoms. The number of carbonyl (C=O) groups excluding carboxylic acids is 1. The Morgan fingerprint density at radius 3 is 2.42 bits per heavy atom. The van der Waals surface area contributed by atoms with Gasteiger partial charge in [0.2, 0.25) is 5.91 Å². The van der Waals surface area contributed by atoms with Gasteiger partial charge in [-0.3, -0.25) is 18.7 Å². The number of nitrogens with zero attached hydrogens (tertiary/aromatic N) is 5. The number of piperidine rings is 1. The van der Waals surface area contributed by atoms with E-state index in [9.17, 15) is 14.4 Å². The van der Waals surface area contributed by atoms with Crippen LogP contribution in [0.2, 0.25) is 0 Å². The summed E-state index contributed by atoms with van der Waals surface area (Å²) in [4.78, 5) is 43.5. The highest BCUT2D eigenvalue weighted by molar-refractivity contribution is 5.80. The number of carbonyl (C=O) groups is 1. The third kappa shape index (κ3) is 3.56. The van der Waals surface area contributed by atoms with Crippen molar-refractivity contribution in [2.75, 3.05) is 50.7 Å². The van der Waals surface area contributed by atoms with Gasteiger partial charge in [-0.25, -0.2) is 4.79 Å². The Morgan fingerprint density at radius 1 is 1.08 bits per heavy atom. The van der Waals surface area contributed by atoms with Gasteiger partial charge in [-0.15, -0.1) is 0 Å². The first-order valence-electron chi connectivity index (χ1n) is 9.45. The second kappa shape index (κ2) is 7.65. The van der Waals surface area contributed by atoms with E-state index in [1.54, 1.807) is 7.05 Å². The number of amides is 1. The molecule has 0 radical (unpaired) electrons. The lowest BCUT2D eigenvalue weighted by Gasteiger charge is -2.39. The Morgan fingerprint density at radius 2 is 1.77 bits per heavy atom. The van der Waals surface area contributed by atoms with Crippen molar-refractivity contribution in [3.8, 4) is 0 Å². The molecule has 8 nitrogen and oxygen atoms in total. The van der Waals surface area contributed by atoms with Crippen LogP contribution in [0.4, 0.5) is 5.82 Å². The molecule has 1 atom stereocenters. The minimum atomic E-state index is -0.336. The second-order valence-corrected chi connectivity index (χ2v) is 7.29. The van der Waals surface area contributed by atoms with Gasteiger partial charge in [0.05, 0.1) is 5.92 Å². The second-order valence-electron chi connectivity index (χ2n) is 7.29. The summed E-state index contributed by atoms with van der Waals surface area (Å²) >= 11 is 0. The highest BCUT2D eigenvalue weighted by Gasteiger charge is 2.31. The van der Waals surface area contributed by atoms with Crippen molar-refractivity contribution in [3.63, 3.8) is 0 Å². The predicted octanol–water partition coefficient (Wildman–Crippen LogP) is -0.535. The summed E-state index contributed by atoms with van der Waals surface area (Å²) in [6, 6.07) is 1.49. The fourth-order valence-corrected chi connectivity index (χ4v) is 3.95. The van der Waals surface area contributed by atoms with Crippen molar-refractivity contribution >= 4 is 11.7 Å². The van der Waals surface area contributed by atoms with Gasteiger partial charge in [0.15, 0.2) is 0 Å². The first-order valence-corrected chi connectivity index (χ1v) is 9.45. The van der Waals surface area contributed by atoms with E-state index in [-0.39, 0.29) is 23.1 Å². The molecular formula is C18H29N5O3. The fraction of sp³-hybridized carbons (Fsp3) is 0.722. The Kier molecular flexibility index (Phi) is 5.50. The standard InChI is InChI=1S/C18H29N5O3/c1-4-21-8-10-22(11-9-21)17(25)14-6-5-7-23(13-14)15-12-16(24)20(3)18(26)19(15)2/h12,14H,4-11,13H2,1-3H3. The summed E-state index contributed by atoms with van der Waals surface area (Å²) in [6.07, 6.45) is 1.75. The first-order chi connectivity index (χ1) is 12.4. The van der Waals surface area contributed by atoms with Gasteiger partial charge < -0.3 is 14.7 Å². The summed E-state index contributed by atoms with van der Waals surface area (Å²) in [5, 5.41) is 0. The maximum atomic E-state index is 12.9. The Hall–Kier alpha value is -2.09. The van der Waals surface area contributed by atoms with Crippen molar-refractivity contribution in [2.45, 2.75) is 19.8 Å². The van der Waals surface area contributed by atoms with Gasteiger partial charge in [-0.2, -0.15) is 0 Å². The van der Waals surface area contributed by atoms with Crippen LogP contribution < -0.4 is 16.1 Å². The highest BCUT2D eigenvalue weighted by Crippen LogP contribution is 2.23. The van der Waals surface area contributed by atoms with E-state index in [1.165, 1.54) is 17.7 Å². The number of anilines is 1. The van der Waals surface area contributed by atoms with E-state index in [0.29, 0.717) is 12.4 Å². The molecule has 2 aliphatic heterocycles. The zero-order valence-electron chi connectivity index (χ0n) is 16.0. The molecule has 1 aromatic rings. The molecule has 8 heteroatoms. The molecule has 2 saturated heterocycles. The molecule has 144 valence electrons. The minimum absolute atomic E-state index is 0.0731. The van der Waals surface area contributed by atoms with Crippen LogP contribution in [-0.2, 0) is 18.9 Å². The van der Waals surface area contributed by atoms with Gasteiger partial charge >= 0.3 is 5.69 Å². The summed E-state index contributed by atoms with van der Waals surface area (Å²) in [5.74, 6) is 0.738. The quantitative estimate of drug-likeness (QED) is 0.722. The van der Waals surface area contributed by atoms with Crippen molar-refractivity contribution in [1.29, 1.82) is 0 Å². The van der Waals surface area contributed by atoms with Gasteiger partial charge in [-0.1, -0.05) is 6.92 Å². The van der Waals surface area contributed by atoms with E-state index in [0.717, 1.165) is 56.7 Å². The SMILES string of the molecule is CCN1CCN(C(=O)C2CCCN(c3cc(=O)n(C)c(=O)n3C)C2)CC1. The van der Waals surface area contributed by atoms with E-state index in [2.05, 4.69) is 11.8 Å². The number of piperazine rings is 1. The maximum Gasteiger partial charge on any atom is 0.332 e. The Balaban J connectivity index is 1.73. The van der Waals surface area contributed by atoms with E-state index >= 15 is 0 Å². The lowest BCUT2D eigenvalue weighted by atomic mass is 9.96. The molecule has 0 bridgehead atoms. The molecule has 0 N–H and O–H groups in total. The first kappa shape index (κ1) is 18.7. The molecule has 3 rings (SSSR count). The third-order valence-electron chi connectivity index (χ3n) is 5.73. The van der Waals surface area contributed by atoms with Crippen LogP contribution in [-0.4, -0.2) is 70.7 Å². The third-order valence-corrected chi connectivity index (χ3v) is 5.73. The van der Waals surface area contributed by atoms with Crippen LogP contribution in [0.3, 0.4) is 0 Å². The molecule has 2 aliphatic rings. The van der Waals surface area contributed by atoms with Crippen LogP contribution in [0.5, 0.6) is 0 Å². The van der Waals surface area contributed by atoms with Gasteiger partial charge in [0, 0.05) is 59.4 Å². The topological polar surface area (TPSA) is 70.8 Å². The smallest absolute Gasteiger partial charge is 0.332 e. The predicted molar refractivity (Wildman–Crippen MR) is 101 cm³/mol. The van der Waals surface area contributed by atoms with Crippen molar-refractivity contribution in [2.24, 2.45) is 20.0 Å². The monoisotopic (exact) mass is 363 g/mol. The molecule has 0 aliphatic carbocycles. The summed E-state index contributed by atoms with van der Waals surface area (Å²) in [5.41, 5.74) is -0.649. The maximum absolute atomic E-state index is 12.9. The summed E-state index contributed by atoms with van der Waals surface area (Å²) in [7, 11) is 3.15. The molecule has 0 aromatic carbocycles. The van der Waals surface area contributed by atoms with Crippen molar-refractivity contribution < 1.29 is 4.79 Å². The lowest BCUT2D eigenvalue weighted by Crippen LogP contribution is -2.53. The molecule has 1 unspecified atom stereocenters. The highest BCUT2D eigenvalue weighted by atomic mass is 16.2. The van der Waals surface area contributed by atoms with Crippen LogP contribution in [0.25, 0.3) is 0 Å². The summed E-state index contributed by atoms with van der Waals surface area (Å²) in [6.45, 7) is 7.92. The average molecular weight is 363 g/mol. The molecule has 3 heterocycles. The number of likely N-dealkylation sites (N-methyl/N-ethyl adjacent to an activating group) is 1. The minimum Gasteiger partial charge on any atom is -0.357 e. The molecule has 26 heavy (non-hydrogen) atoms. The Bertz CT molecular complexity index is 776. The normalized spacial score (nSPS) is 21.9. The number of hydrogen-bond acceptors (Lipinski definition) is 5. The van der Waals surface area contributed by atoms with E-state index in [4.69, 9.17) is 0 Å². The molecule has 0 saturated carbocycles. The van der Waals surface area contributed by atoms with E-state index < -0.39 is 0 Å². The number of rotatable bonds is 3. The molecule has 2 fully saturated rings. The van der Waals surface area contributed by atoms with E-state index in [1.807, 2.05) is 9.80 Å².